The molecule has 0 saturated heterocycles. The molecule has 2 N–H and O–H groups in total. The van der Waals surface area contributed by atoms with Gasteiger partial charge in [0, 0.05) is 11.9 Å². The first-order valence-electron chi connectivity index (χ1n) is 6.76. The Morgan fingerprint density at radius 2 is 1.87 bits per heavy atom. The van der Waals surface area contributed by atoms with Crippen LogP contribution in [-0.4, -0.2) is 37.4 Å². The summed E-state index contributed by atoms with van der Waals surface area (Å²) in [4.78, 5) is 14.9. The van der Waals surface area contributed by atoms with Gasteiger partial charge in [-0.05, 0) is 17.7 Å². The number of hydrogen-bond acceptors (Lipinski definition) is 7. The molecule has 0 amide bonds. The van der Waals surface area contributed by atoms with Gasteiger partial charge in [0.25, 0.3) is 0 Å². The van der Waals surface area contributed by atoms with E-state index >= 15 is 0 Å². The van der Waals surface area contributed by atoms with Crippen LogP contribution in [-0.2, 0) is 17.8 Å². The number of rotatable bonds is 8. The van der Waals surface area contributed by atoms with E-state index in [1.54, 1.807) is 26.7 Å². The standard InChI is InChI=1S/C15H18N2O5S/c1-20-11-4-9(5-12(21-2)14(11)22-3)7-16-15-17-10(8-23-15)6-13(18)19/h4-5,8H,6-7H2,1-3H3,(H,16,17)(H,18,19). The molecular formula is C15H18N2O5S. The summed E-state index contributed by atoms with van der Waals surface area (Å²) in [6.45, 7) is 0.497. The SMILES string of the molecule is COc1cc(CNc2nc(CC(=O)O)cs2)cc(OC)c1OC. The van der Waals surface area contributed by atoms with Crippen LogP contribution in [0.2, 0.25) is 0 Å². The van der Waals surface area contributed by atoms with E-state index in [0.717, 1.165) is 5.56 Å². The molecule has 0 saturated carbocycles. The number of nitrogens with one attached hydrogen (secondary N) is 1. The first kappa shape index (κ1) is 16.9. The van der Waals surface area contributed by atoms with Crippen LogP contribution in [0, 0.1) is 0 Å². The third-order valence-corrected chi connectivity index (χ3v) is 3.90. The Labute approximate surface area is 137 Å². The Balaban J connectivity index is 2.11. The normalized spacial score (nSPS) is 10.2. The molecule has 2 rings (SSSR count). The second kappa shape index (κ2) is 7.68. The predicted molar refractivity (Wildman–Crippen MR) is 86.9 cm³/mol. The molecule has 2 aromatic rings. The lowest BCUT2D eigenvalue weighted by Crippen LogP contribution is -2.03. The molecule has 0 aliphatic rings. The maximum atomic E-state index is 10.7. The minimum Gasteiger partial charge on any atom is -0.493 e. The van der Waals surface area contributed by atoms with Gasteiger partial charge in [0.05, 0.1) is 33.4 Å². The second-order valence-electron chi connectivity index (χ2n) is 4.60. The largest absolute Gasteiger partial charge is 0.493 e. The van der Waals surface area contributed by atoms with Gasteiger partial charge < -0.3 is 24.6 Å². The van der Waals surface area contributed by atoms with Crippen molar-refractivity contribution in [1.29, 1.82) is 0 Å². The van der Waals surface area contributed by atoms with Crippen molar-refractivity contribution < 1.29 is 24.1 Å². The first-order chi connectivity index (χ1) is 11.1. The molecule has 0 aliphatic heterocycles. The summed E-state index contributed by atoms with van der Waals surface area (Å²) in [6.07, 6.45) is -0.0810. The van der Waals surface area contributed by atoms with Gasteiger partial charge in [0.15, 0.2) is 16.6 Å². The highest BCUT2D eigenvalue weighted by atomic mass is 32.1. The van der Waals surface area contributed by atoms with Crippen LogP contribution in [0.1, 0.15) is 11.3 Å². The number of methoxy groups -OCH3 is 3. The van der Waals surface area contributed by atoms with Crippen LogP contribution in [0.25, 0.3) is 0 Å². The van der Waals surface area contributed by atoms with Crippen LogP contribution >= 0.6 is 11.3 Å². The van der Waals surface area contributed by atoms with E-state index in [9.17, 15) is 4.79 Å². The fourth-order valence-electron chi connectivity index (χ4n) is 2.04. The van der Waals surface area contributed by atoms with E-state index in [1.807, 2.05) is 12.1 Å². The number of carbonyl (C=O) groups is 1. The Hall–Kier alpha value is -2.48. The smallest absolute Gasteiger partial charge is 0.309 e. The third kappa shape index (κ3) is 4.26. The summed E-state index contributed by atoms with van der Waals surface area (Å²) < 4.78 is 15.9. The lowest BCUT2D eigenvalue weighted by atomic mass is 10.2. The van der Waals surface area contributed by atoms with Crippen LogP contribution in [0.15, 0.2) is 17.5 Å². The molecule has 1 aromatic heterocycles. The zero-order valence-electron chi connectivity index (χ0n) is 13.1. The molecule has 7 nitrogen and oxygen atoms in total. The van der Waals surface area contributed by atoms with Gasteiger partial charge in [-0.3, -0.25) is 4.79 Å². The minimum absolute atomic E-state index is 0.0810. The number of carboxylic acids is 1. The molecule has 0 atom stereocenters. The quantitative estimate of drug-likeness (QED) is 0.764. The Bertz CT molecular complexity index is 661. The first-order valence-corrected chi connectivity index (χ1v) is 7.64. The number of thiazole rings is 1. The molecule has 1 heterocycles. The number of benzene rings is 1. The summed E-state index contributed by atoms with van der Waals surface area (Å²) in [5.41, 5.74) is 1.46. The Kier molecular flexibility index (Phi) is 5.64. The highest BCUT2D eigenvalue weighted by Gasteiger charge is 2.13. The summed E-state index contributed by atoms with van der Waals surface area (Å²) in [5, 5.41) is 14.3. The van der Waals surface area contributed by atoms with Gasteiger partial charge in [-0.25, -0.2) is 4.98 Å². The fraction of sp³-hybridized carbons (Fsp3) is 0.333. The number of carboxylic acid groups (broad SMARTS) is 1. The fourth-order valence-corrected chi connectivity index (χ4v) is 2.75. The van der Waals surface area contributed by atoms with Crippen molar-refractivity contribution in [3.05, 3.63) is 28.8 Å². The molecular weight excluding hydrogens is 320 g/mol. The van der Waals surface area contributed by atoms with Crippen molar-refractivity contribution in [2.75, 3.05) is 26.6 Å². The number of nitrogens with zero attached hydrogens (tertiary/aromatic N) is 1. The topological polar surface area (TPSA) is 89.9 Å². The summed E-state index contributed by atoms with van der Waals surface area (Å²) in [7, 11) is 4.68. The Morgan fingerprint density at radius 1 is 1.22 bits per heavy atom. The summed E-state index contributed by atoms with van der Waals surface area (Å²) in [5.74, 6) is 0.798. The molecule has 124 valence electrons. The van der Waals surface area contributed by atoms with Crippen LogP contribution in [0.5, 0.6) is 17.2 Å². The monoisotopic (exact) mass is 338 g/mol. The molecule has 8 heteroatoms. The average molecular weight is 338 g/mol. The van der Waals surface area contributed by atoms with Crippen molar-refractivity contribution in [1.82, 2.24) is 4.98 Å². The van der Waals surface area contributed by atoms with E-state index in [2.05, 4.69) is 10.3 Å². The lowest BCUT2D eigenvalue weighted by Gasteiger charge is -2.14. The van der Waals surface area contributed by atoms with Gasteiger partial charge in [-0.1, -0.05) is 0 Å². The van der Waals surface area contributed by atoms with Crippen LogP contribution in [0.3, 0.4) is 0 Å². The van der Waals surface area contributed by atoms with Crippen molar-refractivity contribution in [3.63, 3.8) is 0 Å². The predicted octanol–water partition coefficient (Wildman–Crippen LogP) is 2.41. The van der Waals surface area contributed by atoms with Crippen molar-refractivity contribution >= 4 is 22.4 Å². The van der Waals surface area contributed by atoms with Crippen LogP contribution in [0.4, 0.5) is 5.13 Å². The molecule has 0 fully saturated rings. The molecule has 0 bridgehead atoms. The van der Waals surface area contributed by atoms with E-state index < -0.39 is 5.97 Å². The zero-order chi connectivity index (χ0) is 16.8. The van der Waals surface area contributed by atoms with Crippen molar-refractivity contribution in [2.24, 2.45) is 0 Å². The highest BCUT2D eigenvalue weighted by Crippen LogP contribution is 2.38. The van der Waals surface area contributed by atoms with Gasteiger partial charge in [0.1, 0.15) is 0 Å². The molecule has 1 aromatic carbocycles. The molecule has 0 spiro atoms. The number of aromatic nitrogens is 1. The van der Waals surface area contributed by atoms with Gasteiger partial charge in [-0.15, -0.1) is 11.3 Å². The van der Waals surface area contributed by atoms with E-state index in [4.69, 9.17) is 19.3 Å². The van der Waals surface area contributed by atoms with Crippen molar-refractivity contribution in [2.45, 2.75) is 13.0 Å². The Morgan fingerprint density at radius 3 is 2.39 bits per heavy atom. The van der Waals surface area contributed by atoms with E-state index in [-0.39, 0.29) is 6.42 Å². The second-order valence-corrected chi connectivity index (χ2v) is 5.46. The summed E-state index contributed by atoms with van der Waals surface area (Å²) >= 11 is 1.37. The van der Waals surface area contributed by atoms with E-state index in [1.165, 1.54) is 11.3 Å². The number of anilines is 1. The average Bonchev–Trinajstić information content (AvgIpc) is 2.98. The number of hydrogen-bond donors (Lipinski definition) is 2. The summed E-state index contributed by atoms with van der Waals surface area (Å²) in [6, 6.07) is 3.69. The van der Waals surface area contributed by atoms with Gasteiger partial charge >= 0.3 is 5.97 Å². The minimum atomic E-state index is -0.897. The van der Waals surface area contributed by atoms with Crippen LogP contribution < -0.4 is 19.5 Å². The van der Waals surface area contributed by atoms with E-state index in [0.29, 0.717) is 34.6 Å². The zero-order valence-corrected chi connectivity index (χ0v) is 13.9. The molecule has 0 radical (unpaired) electrons. The maximum Gasteiger partial charge on any atom is 0.309 e. The molecule has 23 heavy (non-hydrogen) atoms. The number of aliphatic carboxylic acids is 1. The molecule has 0 unspecified atom stereocenters. The third-order valence-electron chi connectivity index (χ3n) is 3.05. The highest BCUT2D eigenvalue weighted by molar-refractivity contribution is 7.13. The molecule has 0 aliphatic carbocycles. The van der Waals surface area contributed by atoms with Gasteiger partial charge in [0.2, 0.25) is 5.75 Å². The van der Waals surface area contributed by atoms with Gasteiger partial charge in [-0.2, -0.15) is 0 Å². The lowest BCUT2D eigenvalue weighted by molar-refractivity contribution is -0.136. The maximum absolute atomic E-state index is 10.7. The number of ether oxygens (including phenoxy) is 3. The van der Waals surface area contributed by atoms with Crippen molar-refractivity contribution in [3.8, 4) is 17.2 Å².